The lowest BCUT2D eigenvalue weighted by atomic mass is 9.82. The number of carbonyl (C=O) groups is 1. The minimum Gasteiger partial charge on any atom is -0.468 e. The van der Waals surface area contributed by atoms with Gasteiger partial charge in [-0.2, -0.15) is 0 Å². The summed E-state index contributed by atoms with van der Waals surface area (Å²) in [5.74, 6) is -0.0806. The van der Waals surface area contributed by atoms with E-state index in [1.165, 1.54) is 32.7 Å². The number of fused-ring (bicyclic) bond motifs is 2. The van der Waals surface area contributed by atoms with Crippen LogP contribution in [0.1, 0.15) is 18.1 Å². The van der Waals surface area contributed by atoms with Crippen LogP contribution in [-0.2, 0) is 22.4 Å². The standard InChI is InChI=1S/C27H23NO2S/c1-19(29)28-26(31)30-18-27(28,16-22-12-6-10-20-8-2-4-14-24(20)22)17-23-13-7-11-21-9-3-5-15-25(21)23/h2-15H,16-18H2,1H3. The first-order chi connectivity index (χ1) is 15.1. The Morgan fingerprint density at radius 1 is 0.839 bits per heavy atom. The quantitative estimate of drug-likeness (QED) is 0.394. The first kappa shape index (κ1) is 19.7. The van der Waals surface area contributed by atoms with Gasteiger partial charge >= 0.3 is 0 Å². The van der Waals surface area contributed by atoms with Crippen LogP contribution in [0.2, 0.25) is 0 Å². The number of amides is 1. The summed E-state index contributed by atoms with van der Waals surface area (Å²) in [6.07, 6.45) is 1.33. The number of nitrogens with zero attached hydrogens (tertiary/aromatic N) is 1. The largest absolute Gasteiger partial charge is 0.468 e. The number of ether oxygens (including phenoxy) is 1. The van der Waals surface area contributed by atoms with E-state index in [0.717, 1.165) is 0 Å². The zero-order valence-electron chi connectivity index (χ0n) is 17.4. The minimum atomic E-state index is -0.572. The van der Waals surface area contributed by atoms with Crippen LogP contribution in [0.15, 0.2) is 84.9 Å². The number of rotatable bonds is 4. The normalized spacial score (nSPS) is 15.4. The van der Waals surface area contributed by atoms with Gasteiger partial charge in [0.2, 0.25) is 5.91 Å². The molecule has 0 N–H and O–H groups in total. The number of benzene rings is 4. The molecule has 0 atom stereocenters. The van der Waals surface area contributed by atoms with E-state index >= 15 is 0 Å². The molecule has 0 aromatic heterocycles. The molecule has 0 aliphatic carbocycles. The highest BCUT2D eigenvalue weighted by molar-refractivity contribution is 7.80. The molecule has 0 saturated carbocycles. The molecule has 4 heteroatoms. The van der Waals surface area contributed by atoms with Crippen molar-refractivity contribution in [2.75, 3.05) is 6.61 Å². The lowest BCUT2D eigenvalue weighted by Crippen LogP contribution is -2.52. The maximum absolute atomic E-state index is 12.7. The van der Waals surface area contributed by atoms with Crippen molar-refractivity contribution in [3.63, 3.8) is 0 Å². The van der Waals surface area contributed by atoms with Gasteiger partial charge in [0.15, 0.2) is 0 Å². The molecule has 3 nitrogen and oxygen atoms in total. The van der Waals surface area contributed by atoms with E-state index in [0.29, 0.717) is 19.4 Å². The van der Waals surface area contributed by atoms with E-state index < -0.39 is 5.54 Å². The summed E-state index contributed by atoms with van der Waals surface area (Å²) >= 11 is 5.47. The molecular formula is C27H23NO2S. The third-order valence-corrected chi connectivity index (χ3v) is 6.54. The van der Waals surface area contributed by atoms with Crippen molar-refractivity contribution in [1.82, 2.24) is 4.90 Å². The summed E-state index contributed by atoms with van der Waals surface area (Å²) in [6, 6.07) is 29.4. The smallest absolute Gasteiger partial charge is 0.266 e. The molecule has 1 heterocycles. The molecule has 154 valence electrons. The zero-order chi connectivity index (χ0) is 21.4. The van der Waals surface area contributed by atoms with Crippen molar-refractivity contribution in [3.8, 4) is 0 Å². The summed E-state index contributed by atoms with van der Waals surface area (Å²) < 4.78 is 5.85. The highest BCUT2D eigenvalue weighted by atomic mass is 32.1. The Labute approximate surface area is 187 Å². The van der Waals surface area contributed by atoms with Crippen LogP contribution in [0.3, 0.4) is 0 Å². The van der Waals surface area contributed by atoms with E-state index in [2.05, 4.69) is 72.8 Å². The summed E-state index contributed by atoms with van der Waals surface area (Å²) in [4.78, 5) is 14.4. The fourth-order valence-electron chi connectivity index (χ4n) is 4.91. The molecule has 1 aliphatic rings. The summed E-state index contributed by atoms with van der Waals surface area (Å²) in [6.45, 7) is 1.96. The molecule has 1 fully saturated rings. The van der Waals surface area contributed by atoms with Crippen molar-refractivity contribution < 1.29 is 9.53 Å². The van der Waals surface area contributed by atoms with Crippen LogP contribution in [0.4, 0.5) is 0 Å². The molecule has 1 amide bonds. The van der Waals surface area contributed by atoms with Crippen molar-refractivity contribution >= 4 is 44.8 Å². The van der Waals surface area contributed by atoms with Crippen LogP contribution >= 0.6 is 12.2 Å². The van der Waals surface area contributed by atoms with E-state index in [9.17, 15) is 4.79 Å². The average molecular weight is 426 g/mol. The van der Waals surface area contributed by atoms with E-state index in [1.807, 2.05) is 12.1 Å². The Morgan fingerprint density at radius 2 is 1.32 bits per heavy atom. The summed E-state index contributed by atoms with van der Waals surface area (Å²) in [7, 11) is 0. The lowest BCUT2D eigenvalue weighted by molar-refractivity contribution is -0.128. The van der Waals surface area contributed by atoms with E-state index in [1.54, 1.807) is 11.8 Å². The molecule has 4 aromatic carbocycles. The zero-order valence-corrected chi connectivity index (χ0v) is 18.2. The topological polar surface area (TPSA) is 29.5 Å². The van der Waals surface area contributed by atoms with Crippen molar-refractivity contribution in [2.24, 2.45) is 0 Å². The molecule has 4 aromatic rings. The molecule has 1 aliphatic heterocycles. The average Bonchev–Trinajstić information content (AvgIpc) is 3.10. The van der Waals surface area contributed by atoms with Gasteiger partial charge in [0.05, 0.1) is 5.54 Å². The SMILES string of the molecule is CC(=O)N1C(=S)OCC1(Cc1cccc2ccccc12)Cc1cccc2ccccc12. The third kappa shape index (κ3) is 3.47. The maximum atomic E-state index is 12.7. The maximum Gasteiger partial charge on any atom is 0.266 e. The number of hydrogen-bond donors (Lipinski definition) is 0. The van der Waals surface area contributed by atoms with Gasteiger partial charge < -0.3 is 4.74 Å². The monoisotopic (exact) mass is 425 g/mol. The van der Waals surface area contributed by atoms with Crippen LogP contribution in [0, 0.1) is 0 Å². The molecule has 5 rings (SSSR count). The number of carbonyl (C=O) groups excluding carboxylic acids is 1. The van der Waals surface area contributed by atoms with Crippen LogP contribution in [0.25, 0.3) is 21.5 Å². The van der Waals surface area contributed by atoms with Gasteiger partial charge in [0.1, 0.15) is 6.61 Å². The second-order valence-electron chi connectivity index (χ2n) is 8.26. The Hall–Kier alpha value is -3.24. The number of thiocarbonyl (C=S) groups is 1. The van der Waals surface area contributed by atoms with Gasteiger partial charge in [-0.25, -0.2) is 0 Å². The van der Waals surface area contributed by atoms with Crippen molar-refractivity contribution in [1.29, 1.82) is 0 Å². The summed E-state index contributed by atoms with van der Waals surface area (Å²) in [5.41, 5.74) is 1.81. The first-order valence-electron chi connectivity index (χ1n) is 10.5. The van der Waals surface area contributed by atoms with Gasteiger partial charge in [-0.15, -0.1) is 0 Å². The van der Waals surface area contributed by atoms with Gasteiger partial charge in [-0.05, 0) is 44.9 Å². The minimum absolute atomic E-state index is 0.0806. The van der Waals surface area contributed by atoms with Crippen LogP contribution in [-0.4, -0.2) is 28.1 Å². The molecule has 0 radical (unpaired) electrons. The van der Waals surface area contributed by atoms with Gasteiger partial charge in [-0.3, -0.25) is 9.69 Å². The van der Waals surface area contributed by atoms with Crippen molar-refractivity contribution in [3.05, 3.63) is 96.1 Å². The first-order valence-corrected chi connectivity index (χ1v) is 10.9. The van der Waals surface area contributed by atoms with E-state index in [-0.39, 0.29) is 11.1 Å². The Bertz CT molecular complexity index is 1220. The highest BCUT2D eigenvalue weighted by Crippen LogP contribution is 2.36. The molecule has 0 unspecified atom stereocenters. The van der Waals surface area contributed by atoms with Crippen molar-refractivity contribution in [2.45, 2.75) is 25.3 Å². The number of hydrogen-bond acceptors (Lipinski definition) is 3. The fraction of sp³-hybridized carbons (Fsp3) is 0.185. The second-order valence-corrected chi connectivity index (χ2v) is 8.61. The molecule has 0 bridgehead atoms. The Kier molecular flexibility index (Phi) is 4.95. The molecule has 31 heavy (non-hydrogen) atoms. The molecule has 1 saturated heterocycles. The third-order valence-electron chi connectivity index (χ3n) is 6.24. The van der Waals surface area contributed by atoms with Crippen LogP contribution in [0.5, 0.6) is 0 Å². The molecule has 0 spiro atoms. The Balaban J connectivity index is 1.65. The summed E-state index contributed by atoms with van der Waals surface area (Å²) in [5, 5.41) is 5.05. The Morgan fingerprint density at radius 3 is 1.84 bits per heavy atom. The second kappa shape index (κ2) is 7.78. The predicted molar refractivity (Wildman–Crippen MR) is 129 cm³/mol. The van der Waals surface area contributed by atoms with E-state index in [4.69, 9.17) is 17.0 Å². The highest BCUT2D eigenvalue weighted by Gasteiger charge is 2.48. The molecular weight excluding hydrogens is 402 g/mol. The fourth-order valence-corrected chi connectivity index (χ4v) is 5.29. The van der Waals surface area contributed by atoms with Crippen LogP contribution < -0.4 is 0 Å². The predicted octanol–water partition coefficient (Wildman–Crippen LogP) is 5.68. The lowest BCUT2D eigenvalue weighted by Gasteiger charge is -2.35. The van der Waals surface area contributed by atoms with Gasteiger partial charge in [0.25, 0.3) is 5.17 Å². The van der Waals surface area contributed by atoms with Gasteiger partial charge in [0, 0.05) is 19.8 Å². The van der Waals surface area contributed by atoms with Gasteiger partial charge in [-0.1, -0.05) is 84.9 Å².